The number of piperazine rings is 1. The number of hydrogen-bond acceptors (Lipinski definition) is 4. The molecule has 178 valence electrons. The summed E-state index contributed by atoms with van der Waals surface area (Å²) in [7, 11) is 0. The van der Waals surface area contributed by atoms with E-state index in [1.165, 1.54) is 16.7 Å². The van der Waals surface area contributed by atoms with Gasteiger partial charge in [0.25, 0.3) is 0 Å². The molecule has 0 radical (unpaired) electrons. The van der Waals surface area contributed by atoms with Crippen LogP contribution in [0.3, 0.4) is 0 Å². The van der Waals surface area contributed by atoms with Crippen molar-refractivity contribution in [1.82, 2.24) is 9.80 Å². The van der Waals surface area contributed by atoms with Gasteiger partial charge < -0.3 is 9.84 Å². The number of phenolic OH excluding ortho intramolecular Hbond substituents is 1. The van der Waals surface area contributed by atoms with Crippen molar-refractivity contribution in [3.05, 3.63) is 95.6 Å². The normalized spacial score (nSPS) is 25.6. The third kappa shape index (κ3) is 4.98. The molecule has 2 aliphatic rings. The summed E-state index contributed by atoms with van der Waals surface area (Å²) in [5, 5.41) is 10.1. The lowest BCUT2D eigenvalue weighted by Gasteiger charge is -2.53. The zero-order chi connectivity index (χ0) is 23.5. The Bertz CT molecular complexity index is 1100. The van der Waals surface area contributed by atoms with Crippen molar-refractivity contribution in [2.75, 3.05) is 26.2 Å². The summed E-state index contributed by atoms with van der Waals surface area (Å²) >= 11 is 0. The molecule has 3 aromatic carbocycles. The zero-order valence-electron chi connectivity index (χ0n) is 20.4. The van der Waals surface area contributed by atoms with E-state index >= 15 is 0 Å². The number of ether oxygens (including phenoxy) is 1. The van der Waals surface area contributed by atoms with Crippen LogP contribution in [0.25, 0.3) is 0 Å². The molecule has 5 rings (SSSR count). The van der Waals surface area contributed by atoms with Crippen LogP contribution in [-0.4, -0.2) is 47.1 Å². The first-order valence-corrected chi connectivity index (χ1v) is 12.5. The summed E-state index contributed by atoms with van der Waals surface area (Å²) in [6.45, 7) is 10.7. The van der Waals surface area contributed by atoms with Crippen LogP contribution in [0.5, 0.6) is 11.5 Å². The Balaban J connectivity index is 1.23. The number of piperidine rings is 1. The molecular weight excluding hydrogens is 420 g/mol. The Morgan fingerprint density at radius 2 is 1.71 bits per heavy atom. The molecular formula is C30H36N2O2. The third-order valence-corrected chi connectivity index (χ3v) is 8.00. The average molecular weight is 457 g/mol. The molecule has 2 aliphatic heterocycles. The molecule has 3 aromatic rings. The van der Waals surface area contributed by atoms with Crippen LogP contribution in [0, 0.1) is 5.92 Å². The smallest absolute Gasteiger partial charge is 0.120 e. The monoisotopic (exact) mass is 456 g/mol. The van der Waals surface area contributed by atoms with Crippen LogP contribution in [-0.2, 0) is 18.6 Å². The average Bonchev–Trinajstić information content (AvgIpc) is 2.85. The van der Waals surface area contributed by atoms with Crippen molar-refractivity contribution in [3.8, 4) is 11.5 Å². The summed E-state index contributed by atoms with van der Waals surface area (Å²) < 4.78 is 6.06. The highest BCUT2D eigenvalue weighted by Crippen LogP contribution is 2.43. The van der Waals surface area contributed by atoms with Crippen LogP contribution < -0.4 is 4.74 Å². The first kappa shape index (κ1) is 22.9. The van der Waals surface area contributed by atoms with E-state index in [4.69, 9.17) is 4.74 Å². The SMILES string of the molecule is CC1CN2CCN(Cc3cccc(OCc4ccccc4)c3)CC2C[C@@]1(C)c1cccc(O)c1. The fraction of sp³-hybridized carbons (Fsp3) is 0.400. The molecule has 2 saturated heterocycles. The van der Waals surface area contributed by atoms with Gasteiger partial charge in [-0.2, -0.15) is 0 Å². The lowest BCUT2D eigenvalue weighted by Crippen LogP contribution is -2.60. The maximum absolute atomic E-state index is 10.1. The van der Waals surface area contributed by atoms with Crippen LogP contribution in [0.2, 0.25) is 0 Å². The predicted molar refractivity (Wildman–Crippen MR) is 137 cm³/mol. The van der Waals surface area contributed by atoms with Gasteiger partial charge in [0.1, 0.15) is 18.1 Å². The second kappa shape index (κ2) is 9.81. The molecule has 34 heavy (non-hydrogen) atoms. The summed E-state index contributed by atoms with van der Waals surface area (Å²) in [5.41, 5.74) is 3.83. The molecule has 4 nitrogen and oxygen atoms in total. The van der Waals surface area contributed by atoms with E-state index in [9.17, 15) is 5.11 Å². The summed E-state index contributed by atoms with van der Waals surface area (Å²) in [6.07, 6.45) is 1.12. The van der Waals surface area contributed by atoms with Crippen LogP contribution in [0.1, 0.15) is 37.0 Å². The number of phenols is 1. The van der Waals surface area contributed by atoms with Gasteiger partial charge in [0.15, 0.2) is 0 Å². The Morgan fingerprint density at radius 1 is 0.912 bits per heavy atom. The molecule has 0 bridgehead atoms. The molecule has 2 heterocycles. The molecule has 0 aliphatic carbocycles. The van der Waals surface area contributed by atoms with E-state index in [0.29, 0.717) is 24.3 Å². The molecule has 4 heteroatoms. The van der Waals surface area contributed by atoms with E-state index in [0.717, 1.165) is 44.9 Å². The Kier molecular flexibility index (Phi) is 6.62. The topological polar surface area (TPSA) is 35.9 Å². The molecule has 0 spiro atoms. The van der Waals surface area contributed by atoms with Gasteiger partial charge in [0.05, 0.1) is 0 Å². The van der Waals surface area contributed by atoms with Gasteiger partial charge in [-0.05, 0) is 58.7 Å². The first-order chi connectivity index (χ1) is 16.5. The summed E-state index contributed by atoms with van der Waals surface area (Å²) in [4.78, 5) is 5.28. The summed E-state index contributed by atoms with van der Waals surface area (Å²) in [6, 6.07) is 27.3. The second-order valence-electron chi connectivity index (χ2n) is 10.4. The number of benzene rings is 3. The zero-order valence-corrected chi connectivity index (χ0v) is 20.4. The van der Waals surface area contributed by atoms with Crippen LogP contribution in [0.4, 0.5) is 0 Å². The minimum atomic E-state index is 0.0775. The summed E-state index contributed by atoms with van der Waals surface area (Å²) in [5.74, 6) is 1.85. The predicted octanol–water partition coefficient (Wildman–Crippen LogP) is 5.46. The van der Waals surface area contributed by atoms with Gasteiger partial charge in [0, 0.05) is 38.8 Å². The maximum Gasteiger partial charge on any atom is 0.120 e. The Morgan fingerprint density at radius 3 is 2.53 bits per heavy atom. The van der Waals surface area contributed by atoms with Gasteiger partial charge in [-0.1, -0.05) is 68.4 Å². The second-order valence-corrected chi connectivity index (χ2v) is 10.4. The van der Waals surface area contributed by atoms with Crippen LogP contribution in [0.15, 0.2) is 78.9 Å². The maximum atomic E-state index is 10.1. The van der Waals surface area contributed by atoms with E-state index < -0.39 is 0 Å². The molecule has 2 unspecified atom stereocenters. The van der Waals surface area contributed by atoms with Crippen molar-refractivity contribution in [2.45, 2.75) is 44.9 Å². The van der Waals surface area contributed by atoms with Gasteiger partial charge >= 0.3 is 0 Å². The first-order valence-electron chi connectivity index (χ1n) is 12.5. The molecule has 3 atom stereocenters. The highest BCUT2D eigenvalue weighted by atomic mass is 16.5. The van der Waals surface area contributed by atoms with Crippen molar-refractivity contribution in [1.29, 1.82) is 0 Å². The number of fused-ring (bicyclic) bond motifs is 1. The molecule has 0 amide bonds. The van der Waals surface area contributed by atoms with Gasteiger partial charge in [0.2, 0.25) is 0 Å². The van der Waals surface area contributed by atoms with Crippen molar-refractivity contribution in [3.63, 3.8) is 0 Å². The number of rotatable bonds is 6. The Labute approximate surface area is 203 Å². The highest BCUT2D eigenvalue weighted by Gasteiger charge is 2.44. The molecule has 2 fully saturated rings. The van der Waals surface area contributed by atoms with E-state index in [-0.39, 0.29) is 5.41 Å². The largest absolute Gasteiger partial charge is 0.508 e. The van der Waals surface area contributed by atoms with Crippen molar-refractivity contribution < 1.29 is 9.84 Å². The van der Waals surface area contributed by atoms with Crippen molar-refractivity contribution >= 4 is 0 Å². The lowest BCUT2D eigenvalue weighted by molar-refractivity contribution is -0.00559. The van der Waals surface area contributed by atoms with Gasteiger partial charge in [-0.3, -0.25) is 9.80 Å². The van der Waals surface area contributed by atoms with E-state index in [2.05, 4.69) is 60.0 Å². The lowest BCUT2D eigenvalue weighted by atomic mass is 9.65. The number of nitrogens with zero attached hydrogens (tertiary/aromatic N) is 2. The third-order valence-electron chi connectivity index (χ3n) is 8.00. The van der Waals surface area contributed by atoms with Gasteiger partial charge in [-0.25, -0.2) is 0 Å². The Hall–Kier alpha value is -2.82. The number of aromatic hydroxyl groups is 1. The highest BCUT2D eigenvalue weighted by molar-refractivity contribution is 5.34. The molecule has 0 aromatic heterocycles. The van der Waals surface area contributed by atoms with E-state index in [1.807, 2.05) is 36.4 Å². The van der Waals surface area contributed by atoms with Crippen molar-refractivity contribution in [2.24, 2.45) is 5.92 Å². The quantitative estimate of drug-likeness (QED) is 0.535. The van der Waals surface area contributed by atoms with Gasteiger partial charge in [-0.15, -0.1) is 0 Å². The minimum Gasteiger partial charge on any atom is -0.508 e. The number of hydrogen-bond donors (Lipinski definition) is 1. The van der Waals surface area contributed by atoms with E-state index in [1.54, 1.807) is 6.07 Å². The fourth-order valence-electron chi connectivity index (χ4n) is 5.78. The van der Waals surface area contributed by atoms with Crippen LogP contribution >= 0.6 is 0 Å². The standard InChI is InChI=1S/C30H36N2O2/c1-23-19-32-15-14-31(21-27(32)18-30(23,2)26-11-7-12-28(33)17-26)20-25-10-6-13-29(16-25)34-22-24-8-4-3-5-9-24/h3-13,16-17,23,27,33H,14-15,18-22H2,1-2H3/t23?,27?,30-/m1/s1. The molecule has 0 saturated carbocycles. The molecule has 1 N–H and O–H groups in total. The minimum absolute atomic E-state index is 0.0775. The fourth-order valence-corrected chi connectivity index (χ4v) is 5.78.